The fourth-order valence-corrected chi connectivity index (χ4v) is 0.635. The molecule has 0 aliphatic carbocycles. The van der Waals surface area contributed by atoms with E-state index in [1.54, 1.807) is 13.8 Å². The van der Waals surface area contributed by atoms with E-state index < -0.39 is 11.7 Å². The number of Topliss-reactive ketones (excluding diaryl/α,β-unsaturated/α-hetero) is 1. The molecule has 0 atom stereocenters. The average molecular weight is 201 g/mol. The molecule has 0 aliphatic rings. The molecule has 82 valence electrons. The summed E-state index contributed by atoms with van der Waals surface area (Å²) < 4.78 is 4.98. The van der Waals surface area contributed by atoms with E-state index in [4.69, 9.17) is 4.74 Å². The summed E-state index contributed by atoms with van der Waals surface area (Å²) >= 11 is 0. The first-order valence-corrected chi connectivity index (χ1v) is 4.57. The van der Waals surface area contributed by atoms with Crippen molar-refractivity contribution in [3.8, 4) is 0 Å². The van der Waals surface area contributed by atoms with Crippen molar-refractivity contribution in [1.82, 2.24) is 5.32 Å². The first-order valence-electron chi connectivity index (χ1n) is 4.57. The molecular weight excluding hydrogens is 182 g/mol. The molecule has 0 fully saturated rings. The van der Waals surface area contributed by atoms with Gasteiger partial charge < -0.3 is 10.1 Å². The topological polar surface area (TPSA) is 55.4 Å². The summed E-state index contributed by atoms with van der Waals surface area (Å²) in [5.74, 6) is -0.179. The maximum absolute atomic E-state index is 11.3. The van der Waals surface area contributed by atoms with E-state index in [2.05, 4.69) is 5.32 Å². The third kappa shape index (κ3) is 4.84. The van der Waals surface area contributed by atoms with Gasteiger partial charge in [-0.05, 0) is 41.5 Å². The Kier molecular flexibility index (Phi) is 3.68. The Balaban J connectivity index is 4.27. The minimum Gasteiger partial charge on any atom is -0.436 e. The Morgan fingerprint density at radius 1 is 1.07 bits per heavy atom. The van der Waals surface area contributed by atoms with Crippen LogP contribution in [-0.2, 0) is 9.53 Å². The average Bonchev–Trinajstić information content (AvgIpc) is 1.79. The fourth-order valence-electron chi connectivity index (χ4n) is 0.635. The van der Waals surface area contributed by atoms with Crippen LogP contribution in [0.4, 0.5) is 4.79 Å². The lowest BCUT2D eigenvalue weighted by Crippen LogP contribution is -2.46. The van der Waals surface area contributed by atoms with Crippen LogP contribution in [0.5, 0.6) is 0 Å². The van der Waals surface area contributed by atoms with Crippen molar-refractivity contribution in [2.45, 2.75) is 52.7 Å². The zero-order chi connectivity index (χ0) is 11.6. The summed E-state index contributed by atoms with van der Waals surface area (Å²) in [6, 6.07) is 0. The lowest BCUT2D eigenvalue weighted by molar-refractivity contribution is -0.132. The Hall–Kier alpha value is -1.06. The molecule has 0 rings (SSSR count). The van der Waals surface area contributed by atoms with Crippen LogP contribution in [0.15, 0.2) is 0 Å². The third-order valence-electron chi connectivity index (χ3n) is 1.67. The van der Waals surface area contributed by atoms with Crippen LogP contribution in [0.1, 0.15) is 41.5 Å². The van der Waals surface area contributed by atoms with Crippen LogP contribution in [0.2, 0.25) is 0 Å². The van der Waals surface area contributed by atoms with Gasteiger partial charge in [-0.2, -0.15) is 0 Å². The highest BCUT2D eigenvalue weighted by atomic mass is 16.6. The van der Waals surface area contributed by atoms with E-state index in [1.807, 2.05) is 20.8 Å². The van der Waals surface area contributed by atoms with Gasteiger partial charge in [0.15, 0.2) is 11.4 Å². The molecule has 0 aromatic heterocycles. The van der Waals surface area contributed by atoms with E-state index in [9.17, 15) is 9.59 Å². The number of carbonyl (C=O) groups excluding carboxylic acids is 2. The molecule has 0 aromatic carbocycles. The van der Waals surface area contributed by atoms with Gasteiger partial charge in [0.2, 0.25) is 0 Å². The molecule has 1 N–H and O–H groups in total. The van der Waals surface area contributed by atoms with Crippen LogP contribution in [-0.4, -0.2) is 23.0 Å². The van der Waals surface area contributed by atoms with E-state index in [0.29, 0.717) is 0 Å². The van der Waals surface area contributed by atoms with Crippen molar-refractivity contribution in [2.24, 2.45) is 0 Å². The van der Waals surface area contributed by atoms with Gasteiger partial charge in [0, 0.05) is 5.54 Å². The van der Waals surface area contributed by atoms with Gasteiger partial charge in [-0.15, -0.1) is 0 Å². The summed E-state index contributed by atoms with van der Waals surface area (Å²) in [7, 11) is 0. The molecule has 0 unspecified atom stereocenters. The van der Waals surface area contributed by atoms with Crippen LogP contribution < -0.4 is 5.32 Å². The molecule has 1 amide bonds. The van der Waals surface area contributed by atoms with Crippen molar-refractivity contribution >= 4 is 11.9 Å². The van der Waals surface area contributed by atoms with Crippen LogP contribution in [0, 0.1) is 0 Å². The number of amides is 1. The summed E-state index contributed by atoms with van der Waals surface area (Å²) in [5.41, 5.74) is -1.42. The maximum atomic E-state index is 11.3. The molecule has 0 radical (unpaired) electrons. The number of ether oxygens (including phenoxy) is 1. The molecule has 0 spiro atoms. The fraction of sp³-hybridized carbons (Fsp3) is 0.800. The number of carbonyl (C=O) groups is 2. The number of rotatable bonds is 2. The molecule has 0 saturated carbocycles. The normalized spacial score (nSPS) is 12.1. The number of nitrogens with one attached hydrogen (secondary N) is 1. The molecule has 0 bridgehead atoms. The molecular formula is C10H19NO3. The monoisotopic (exact) mass is 201 g/mol. The minimum absolute atomic E-state index is 0.179. The second kappa shape index (κ2) is 3.98. The number of alkyl carbamates (subject to hydrolysis) is 1. The molecule has 4 nitrogen and oxygen atoms in total. The Labute approximate surface area is 85.0 Å². The number of hydrogen-bond acceptors (Lipinski definition) is 3. The molecule has 0 aliphatic heterocycles. The number of ketones is 1. The Bertz CT molecular complexity index is 238. The summed E-state index contributed by atoms with van der Waals surface area (Å²) in [4.78, 5) is 22.4. The summed E-state index contributed by atoms with van der Waals surface area (Å²) in [6.07, 6.45) is -0.572. The summed E-state index contributed by atoms with van der Waals surface area (Å²) in [5, 5.41) is 2.62. The molecule has 14 heavy (non-hydrogen) atoms. The van der Waals surface area contributed by atoms with Crippen molar-refractivity contribution < 1.29 is 14.3 Å². The van der Waals surface area contributed by atoms with Crippen molar-refractivity contribution in [3.05, 3.63) is 0 Å². The quantitative estimate of drug-likeness (QED) is 0.742. The SMILES string of the molecule is CC(=O)C(C)(C)OC(=O)NC(C)(C)C. The van der Waals surface area contributed by atoms with Crippen molar-refractivity contribution in [2.75, 3.05) is 0 Å². The Morgan fingerprint density at radius 3 is 1.79 bits per heavy atom. The van der Waals surface area contributed by atoms with Gasteiger partial charge in [-0.25, -0.2) is 4.79 Å². The summed E-state index contributed by atoms with van der Waals surface area (Å²) in [6.45, 7) is 10.1. The highest BCUT2D eigenvalue weighted by molar-refractivity contribution is 5.86. The predicted octanol–water partition coefficient (Wildman–Crippen LogP) is 1.88. The lowest BCUT2D eigenvalue weighted by atomic mass is 10.1. The lowest BCUT2D eigenvalue weighted by Gasteiger charge is -2.26. The smallest absolute Gasteiger partial charge is 0.408 e. The van der Waals surface area contributed by atoms with Gasteiger partial charge in [-0.3, -0.25) is 4.79 Å². The van der Waals surface area contributed by atoms with Crippen LogP contribution in [0.25, 0.3) is 0 Å². The second-order valence-electron chi connectivity index (χ2n) is 4.83. The van der Waals surface area contributed by atoms with E-state index >= 15 is 0 Å². The van der Waals surface area contributed by atoms with Gasteiger partial charge in [0.05, 0.1) is 0 Å². The van der Waals surface area contributed by atoms with E-state index in [-0.39, 0.29) is 11.3 Å². The highest BCUT2D eigenvalue weighted by Crippen LogP contribution is 2.11. The van der Waals surface area contributed by atoms with Crippen LogP contribution >= 0.6 is 0 Å². The van der Waals surface area contributed by atoms with Gasteiger partial charge in [0.1, 0.15) is 0 Å². The van der Waals surface area contributed by atoms with Crippen molar-refractivity contribution in [1.29, 1.82) is 0 Å². The zero-order valence-electron chi connectivity index (χ0n) is 9.72. The van der Waals surface area contributed by atoms with Gasteiger partial charge in [0.25, 0.3) is 0 Å². The Morgan fingerprint density at radius 2 is 1.50 bits per heavy atom. The highest BCUT2D eigenvalue weighted by Gasteiger charge is 2.29. The van der Waals surface area contributed by atoms with E-state index in [1.165, 1.54) is 6.92 Å². The van der Waals surface area contributed by atoms with Gasteiger partial charge >= 0.3 is 6.09 Å². The maximum Gasteiger partial charge on any atom is 0.408 e. The molecule has 0 saturated heterocycles. The molecule has 0 heterocycles. The first-order chi connectivity index (χ1) is 6.04. The van der Waals surface area contributed by atoms with Gasteiger partial charge in [-0.1, -0.05) is 0 Å². The number of hydrogen-bond donors (Lipinski definition) is 1. The predicted molar refractivity (Wildman–Crippen MR) is 54.1 cm³/mol. The minimum atomic E-state index is -1.06. The van der Waals surface area contributed by atoms with E-state index in [0.717, 1.165) is 0 Å². The first kappa shape index (κ1) is 12.9. The third-order valence-corrected chi connectivity index (χ3v) is 1.67. The van der Waals surface area contributed by atoms with Crippen LogP contribution in [0.3, 0.4) is 0 Å². The van der Waals surface area contributed by atoms with Crippen molar-refractivity contribution in [3.63, 3.8) is 0 Å². The molecule has 0 aromatic rings. The standard InChI is InChI=1S/C10H19NO3/c1-7(12)10(5,6)14-8(13)11-9(2,3)4/h1-6H3,(H,11,13). The zero-order valence-corrected chi connectivity index (χ0v) is 9.72. The second-order valence-corrected chi connectivity index (χ2v) is 4.83. The molecule has 4 heteroatoms. The largest absolute Gasteiger partial charge is 0.436 e.